The summed E-state index contributed by atoms with van der Waals surface area (Å²) in [4.78, 5) is 0.340. The molecule has 0 atom stereocenters. The van der Waals surface area contributed by atoms with E-state index < -0.39 is 0 Å². The Hall–Kier alpha value is -1.13. The molecule has 0 fully saturated rings. The Labute approximate surface area is 108 Å². The molecule has 2 N–H and O–H groups in total. The summed E-state index contributed by atoms with van der Waals surface area (Å²) in [6.45, 7) is 5.55. The van der Waals surface area contributed by atoms with Crippen LogP contribution in [0.3, 0.4) is 0 Å². The fourth-order valence-electron chi connectivity index (χ4n) is 1.45. The first kappa shape index (κ1) is 13.9. The predicted molar refractivity (Wildman–Crippen MR) is 73.4 cm³/mol. The first-order chi connectivity index (χ1) is 8.04. The summed E-state index contributed by atoms with van der Waals surface area (Å²) in [5.74, 6) is 1.23. The molecular weight excluding hydrogens is 234 g/mol. The first-order valence-electron chi connectivity index (χ1n) is 5.59. The van der Waals surface area contributed by atoms with Crippen molar-refractivity contribution in [2.75, 3.05) is 13.7 Å². The summed E-state index contributed by atoms with van der Waals surface area (Å²) in [5, 5.41) is 0. The van der Waals surface area contributed by atoms with E-state index in [2.05, 4.69) is 13.8 Å². The van der Waals surface area contributed by atoms with Crippen LogP contribution in [-0.2, 0) is 11.3 Å². The standard InChI is InChI=1S/C13H19NO2S/c1-9(2)7-16-8-10-4-5-12(15-3)11(6-10)13(14)17/h4-6,9H,7-8H2,1-3H3,(H2,14,17). The number of methoxy groups -OCH3 is 1. The molecule has 3 nitrogen and oxygen atoms in total. The molecule has 0 aliphatic carbocycles. The molecule has 4 heteroatoms. The van der Waals surface area contributed by atoms with Gasteiger partial charge in [-0.3, -0.25) is 0 Å². The van der Waals surface area contributed by atoms with E-state index in [0.29, 0.717) is 23.3 Å². The molecule has 0 amide bonds. The highest BCUT2D eigenvalue weighted by Gasteiger charge is 2.07. The zero-order valence-electron chi connectivity index (χ0n) is 10.5. The summed E-state index contributed by atoms with van der Waals surface area (Å²) < 4.78 is 10.8. The number of nitrogens with two attached hydrogens (primary N) is 1. The maximum atomic E-state index is 5.65. The molecule has 94 valence electrons. The van der Waals surface area contributed by atoms with E-state index in [9.17, 15) is 0 Å². The van der Waals surface area contributed by atoms with Crippen LogP contribution >= 0.6 is 12.2 Å². The van der Waals surface area contributed by atoms with E-state index in [0.717, 1.165) is 17.7 Å². The van der Waals surface area contributed by atoms with Crippen LogP contribution in [0.2, 0.25) is 0 Å². The van der Waals surface area contributed by atoms with Crippen molar-refractivity contribution in [3.63, 3.8) is 0 Å². The van der Waals surface area contributed by atoms with Gasteiger partial charge in [-0.1, -0.05) is 32.1 Å². The molecule has 0 aliphatic rings. The SMILES string of the molecule is COc1ccc(COCC(C)C)cc1C(N)=S. The van der Waals surface area contributed by atoms with Crippen LogP contribution in [-0.4, -0.2) is 18.7 Å². The van der Waals surface area contributed by atoms with Crippen molar-refractivity contribution < 1.29 is 9.47 Å². The van der Waals surface area contributed by atoms with Crippen LogP contribution in [0.5, 0.6) is 5.75 Å². The molecule has 0 bridgehead atoms. The fourth-order valence-corrected chi connectivity index (χ4v) is 1.61. The molecule has 17 heavy (non-hydrogen) atoms. The number of benzene rings is 1. The summed E-state index contributed by atoms with van der Waals surface area (Å²) in [6.07, 6.45) is 0. The topological polar surface area (TPSA) is 44.5 Å². The summed E-state index contributed by atoms with van der Waals surface area (Å²) in [7, 11) is 1.60. The minimum absolute atomic E-state index is 0.340. The highest BCUT2D eigenvalue weighted by atomic mass is 32.1. The second-order valence-electron chi connectivity index (χ2n) is 4.31. The third-order valence-corrected chi connectivity index (χ3v) is 2.47. The lowest BCUT2D eigenvalue weighted by Gasteiger charge is -2.11. The monoisotopic (exact) mass is 253 g/mol. The number of hydrogen-bond donors (Lipinski definition) is 1. The zero-order chi connectivity index (χ0) is 12.8. The normalized spacial score (nSPS) is 10.6. The van der Waals surface area contributed by atoms with Crippen LogP contribution in [0, 0.1) is 5.92 Å². The van der Waals surface area contributed by atoms with Gasteiger partial charge in [-0.05, 0) is 23.6 Å². The molecule has 0 unspecified atom stereocenters. The molecule has 0 saturated carbocycles. The highest BCUT2D eigenvalue weighted by Crippen LogP contribution is 2.20. The maximum Gasteiger partial charge on any atom is 0.129 e. The molecule has 0 spiro atoms. The Morgan fingerprint density at radius 1 is 1.41 bits per heavy atom. The van der Waals surface area contributed by atoms with Gasteiger partial charge in [0.15, 0.2) is 0 Å². The van der Waals surface area contributed by atoms with Crippen molar-refractivity contribution in [1.82, 2.24) is 0 Å². The van der Waals surface area contributed by atoms with Crippen molar-refractivity contribution >= 4 is 17.2 Å². The smallest absolute Gasteiger partial charge is 0.129 e. The van der Waals surface area contributed by atoms with E-state index in [1.54, 1.807) is 7.11 Å². The van der Waals surface area contributed by atoms with Crippen molar-refractivity contribution in [2.45, 2.75) is 20.5 Å². The average Bonchev–Trinajstić information content (AvgIpc) is 2.28. The fraction of sp³-hybridized carbons (Fsp3) is 0.462. The largest absolute Gasteiger partial charge is 0.496 e. The molecule has 0 aliphatic heterocycles. The number of hydrogen-bond acceptors (Lipinski definition) is 3. The van der Waals surface area contributed by atoms with E-state index in [-0.39, 0.29) is 0 Å². The van der Waals surface area contributed by atoms with Gasteiger partial charge in [-0.15, -0.1) is 0 Å². The van der Waals surface area contributed by atoms with Crippen molar-refractivity contribution in [3.05, 3.63) is 29.3 Å². The van der Waals surface area contributed by atoms with E-state index in [1.165, 1.54) is 0 Å². The Balaban J connectivity index is 2.74. The Morgan fingerprint density at radius 2 is 2.12 bits per heavy atom. The second kappa shape index (κ2) is 6.57. The van der Waals surface area contributed by atoms with E-state index in [1.807, 2.05) is 18.2 Å². The first-order valence-corrected chi connectivity index (χ1v) is 6.00. The number of rotatable bonds is 6. The molecule has 0 radical (unpaired) electrons. The molecule has 1 aromatic carbocycles. The quantitative estimate of drug-likeness (QED) is 0.791. The van der Waals surface area contributed by atoms with Gasteiger partial charge in [-0.2, -0.15) is 0 Å². The van der Waals surface area contributed by atoms with Crippen LogP contribution in [0.25, 0.3) is 0 Å². The number of ether oxygens (including phenoxy) is 2. The highest BCUT2D eigenvalue weighted by molar-refractivity contribution is 7.80. The third-order valence-electron chi connectivity index (χ3n) is 2.25. The molecule has 1 rings (SSSR count). The minimum Gasteiger partial charge on any atom is -0.496 e. The lowest BCUT2D eigenvalue weighted by molar-refractivity contribution is 0.0970. The van der Waals surface area contributed by atoms with Crippen LogP contribution < -0.4 is 10.5 Å². The van der Waals surface area contributed by atoms with Crippen molar-refractivity contribution in [2.24, 2.45) is 11.7 Å². The summed E-state index contributed by atoms with van der Waals surface area (Å²) in [6, 6.07) is 5.74. The van der Waals surface area contributed by atoms with Gasteiger partial charge in [0.1, 0.15) is 10.7 Å². The Morgan fingerprint density at radius 3 is 2.65 bits per heavy atom. The van der Waals surface area contributed by atoms with Crippen molar-refractivity contribution in [1.29, 1.82) is 0 Å². The molecule has 0 aromatic heterocycles. The molecule has 0 saturated heterocycles. The maximum absolute atomic E-state index is 5.65. The van der Waals surface area contributed by atoms with Crippen LogP contribution in [0.1, 0.15) is 25.0 Å². The minimum atomic E-state index is 0.340. The summed E-state index contributed by atoms with van der Waals surface area (Å²) >= 11 is 4.99. The van der Waals surface area contributed by atoms with Gasteiger partial charge < -0.3 is 15.2 Å². The van der Waals surface area contributed by atoms with Gasteiger partial charge in [0.05, 0.1) is 19.3 Å². The van der Waals surface area contributed by atoms with Crippen LogP contribution in [0.15, 0.2) is 18.2 Å². The lowest BCUT2D eigenvalue weighted by Crippen LogP contribution is -2.12. The number of thiocarbonyl (C=S) groups is 1. The van der Waals surface area contributed by atoms with Gasteiger partial charge >= 0.3 is 0 Å². The predicted octanol–water partition coefficient (Wildman–Crippen LogP) is 2.50. The molecule has 1 aromatic rings. The Kier molecular flexibility index (Phi) is 5.38. The van der Waals surface area contributed by atoms with Gasteiger partial charge in [0.2, 0.25) is 0 Å². The van der Waals surface area contributed by atoms with E-state index in [4.69, 9.17) is 27.4 Å². The Bertz CT molecular complexity index is 391. The van der Waals surface area contributed by atoms with Crippen LogP contribution in [0.4, 0.5) is 0 Å². The third kappa shape index (κ3) is 4.32. The van der Waals surface area contributed by atoms with Gasteiger partial charge in [0.25, 0.3) is 0 Å². The molecule has 0 heterocycles. The lowest BCUT2D eigenvalue weighted by atomic mass is 10.1. The zero-order valence-corrected chi connectivity index (χ0v) is 11.3. The molecular formula is C13H19NO2S. The van der Waals surface area contributed by atoms with Gasteiger partial charge in [0, 0.05) is 6.61 Å². The summed E-state index contributed by atoms with van der Waals surface area (Å²) in [5.41, 5.74) is 7.45. The van der Waals surface area contributed by atoms with E-state index >= 15 is 0 Å². The van der Waals surface area contributed by atoms with Gasteiger partial charge in [-0.25, -0.2) is 0 Å². The average molecular weight is 253 g/mol. The second-order valence-corrected chi connectivity index (χ2v) is 4.75. The van der Waals surface area contributed by atoms with Crippen molar-refractivity contribution in [3.8, 4) is 5.75 Å².